The van der Waals surface area contributed by atoms with Crippen LogP contribution < -0.4 is 5.73 Å². The van der Waals surface area contributed by atoms with E-state index in [0.29, 0.717) is 0 Å². The summed E-state index contributed by atoms with van der Waals surface area (Å²) in [5.41, 5.74) is 5.74. The van der Waals surface area contributed by atoms with E-state index < -0.39 is 4.92 Å². The molecule has 0 atom stereocenters. The van der Waals surface area contributed by atoms with Gasteiger partial charge in [0.05, 0.1) is 4.92 Å². The fourth-order valence-corrected chi connectivity index (χ4v) is 1.06. The first-order valence-electron chi connectivity index (χ1n) is 4.35. The molecular formula is C10H11N3O2. The van der Waals surface area contributed by atoms with Gasteiger partial charge in [0.25, 0.3) is 5.69 Å². The van der Waals surface area contributed by atoms with Crippen LogP contribution in [0.4, 0.5) is 11.4 Å². The van der Waals surface area contributed by atoms with E-state index in [2.05, 4.69) is 4.99 Å². The Morgan fingerprint density at radius 2 is 2.20 bits per heavy atom. The summed E-state index contributed by atoms with van der Waals surface area (Å²) in [5, 5.41) is 10.6. The maximum absolute atomic E-state index is 10.6. The SMILES string of the molecule is C/C=C/C(N)=Nc1ccccc1[N+](=O)[O-]. The summed E-state index contributed by atoms with van der Waals surface area (Å²) in [6.07, 6.45) is 3.30. The van der Waals surface area contributed by atoms with E-state index in [4.69, 9.17) is 5.73 Å². The summed E-state index contributed by atoms with van der Waals surface area (Å²) in [7, 11) is 0. The van der Waals surface area contributed by atoms with Crippen molar-refractivity contribution in [2.45, 2.75) is 6.92 Å². The number of nitrogens with zero attached hydrogens (tertiary/aromatic N) is 2. The van der Waals surface area contributed by atoms with Gasteiger partial charge in [-0.3, -0.25) is 10.1 Å². The molecule has 0 spiro atoms. The third-order valence-corrected chi connectivity index (χ3v) is 1.67. The molecule has 15 heavy (non-hydrogen) atoms. The van der Waals surface area contributed by atoms with Gasteiger partial charge in [-0.15, -0.1) is 0 Å². The Bertz CT molecular complexity index is 424. The van der Waals surface area contributed by atoms with Gasteiger partial charge in [-0.25, -0.2) is 4.99 Å². The zero-order valence-corrected chi connectivity index (χ0v) is 8.25. The van der Waals surface area contributed by atoms with Gasteiger partial charge in [0.15, 0.2) is 0 Å². The summed E-state index contributed by atoms with van der Waals surface area (Å²) in [4.78, 5) is 14.1. The van der Waals surface area contributed by atoms with Crippen molar-refractivity contribution in [3.8, 4) is 0 Å². The van der Waals surface area contributed by atoms with E-state index in [1.807, 2.05) is 0 Å². The number of nitrogens with two attached hydrogens (primary N) is 1. The fraction of sp³-hybridized carbons (Fsp3) is 0.100. The summed E-state index contributed by atoms with van der Waals surface area (Å²) in [5.74, 6) is 0.242. The van der Waals surface area contributed by atoms with Crippen molar-refractivity contribution in [1.82, 2.24) is 0 Å². The molecule has 0 aliphatic heterocycles. The van der Waals surface area contributed by atoms with Gasteiger partial charge in [0.2, 0.25) is 0 Å². The number of amidine groups is 1. The molecule has 0 bridgehead atoms. The lowest BCUT2D eigenvalue weighted by atomic mass is 10.3. The Labute approximate surface area is 87.1 Å². The minimum Gasteiger partial charge on any atom is -0.384 e. The smallest absolute Gasteiger partial charge is 0.294 e. The molecule has 1 aromatic rings. The Hall–Kier alpha value is -2.17. The molecule has 1 aromatic carbocycles. The zero-order valence-electron chi connectivity index (χ0n) is 8.25. The highest BCUT2D eigenvalue weighted by Gasteiger charge is 2.10. The highest BCUT2D eigenvalue weighted by atomic mass is 16.6. The minimum atomic E-state index is -0.484. The highest BCUT2D eigenvalue weighted by Crippen LogP contribution is 2.26. The second kappa shape index (κ2) is 4.90. The van der Waals surface area contributed by atoms with Gasteiger partial charge in [0.1, 0.15) is 11.5 Å². The van der Waals surface area contributed by atoms with Crippen molar-refractivity contribution < 1.29 is 4.92 Å². The average Bonchev–Trinajstić information content (AvgIpc) is 2.18. The maximum atomic E-state index is 10.6. The van der Waals surface area contributed by atoms with Crippen molar-refractivity contribution >= 4 is 17.2 Å². The van der Waals surface area contributed by atoms with Gasteiger partial charge < -0.3 is 5.73 Å². The van der Waals surface area contributed by atoms with Gasteiger partial charge in [-0.1, -0.05) is 18.2 Å². The molecule has 0 saturated heterocycles. The van der Waals surface area contributed by atoms with Crippen LogP contribution in [0.3, 0.4) is 0 Å². The van der Waals surface area contributed by atoms with Crippen molar-refractivity contribution in [2.75, 3.05) is 0 Å². The monoisotopic (exact) mass is 205 g/mol. The molecule has 5 nitrogen and oxygen atoms in total. The summed E-state index contributed by atoms with van der Waals surface area (Å²) < 4.78 is 0. The number of para-hydroxylation sites is 2. The summed E-state index contributed by atoms with van der Waals surface area (Å²) in [6.45, 7) is 1.79. The van der Waals surface area contributed by atoms with E-state index in [9.17, 15) is 10.1 Å². The molecule has 0 amide bonds. The number of nitro benzene ring substituents is 1. The van der Waals surface area contributed by atoms with E-state index in [1.54, 1.807) is 37.3 Å². The van der Waals surface area contributed by atoms with Crippen molar-refractivity contribution in [2.24, 2.45) is 10.7 Å². The second-order valence-electron chi connectivity index (χ2n) is 2.78. The molecule has 0 aliphatic rings. The average molecular weight is 205 g/mol. The van der Waals surface area contributed by atoms with Crippen LogP contribution in [0.5, 0.6) is 0 Å². The number of allylic oxidation sites excluding steroid dienone is 1. The van der Waals surface area contributed by atoms with Crippen LogP contribution in [0.25, 0.3) is 0 Å². The molecule has 1 rings (SSSR count). The van der Waals surface area contributed by atoms with Gasteiger partial charge in [-0.2, -0.15) is 0 Å². The molecule has 0 radical (unpaired) electrons. The normalized spacial score (nSPS) is 11.9. The Kier molecular flexibility index (Phi) is 3.56. The summed E-state index contributed by atoms with van der Waals surface area (Å²) in [6, 6.07) is 6.20. The van der Waals surface area contributed by atoms with E-state index in [-0.39, 0.29) is 17.2 Å². The topological polar surface area (TPSA) is 81.5 Å². The zero-order chi connectivity index (χ0) is 11.3. The Morgan fingerprint density at radius 1 is 1.53 bits per heavy atom. The van der Waals surface area contributed by atoms with Crippen LogP contribution in [0, 0.1) is 10.1 Å². The number of rotatable bonds is 3. The number of benzene rings is 1. The predicted octanol–water partition coefficient (Wildman–Crippen LogP) is 2.16. The lowest BCUT2D eigenvalue weighted by Gasteiger charge is -1.97. The van der Waals surface area contributed by atoms with E-state index in [1.165, 1.54) is 6.07 Å². The fourth-order valence-electron chi connectivity index (χ4n) is 1.06. The first kappa shape index (κ1) is 10.9. The standard InChI is InChI=1S/C10H11N3O2/c1-2-5-10(11)12-8-6-3-4-7-9(8)13(14)15/h2-7H,1H3,(H2,11,12)/b5-2+. The molecule has 0 unspecified atom stereocenters. The van der Waals surface area contributed by atoms with Crippen LogP contribution >= 0.6 is 0 Å². The molecule has 0 fully saturated rings. The molecule has 0 saturated carbocycles. The van der Waals surface area contributed by atoms with Crippen LogP contribution in [-0.4, -0.2) is 10.8 Å². The number of hydrogen-bond acceptors (Lipinski definition) is 3. The van der Waals surface area contributed by atoms with E-state index in [0.717, 1.165) is 0 Å². The largest absolute Gasteiger partial charge is 0.384 e. The summed E-state index contributed by atoms with van der Waals surface area (Å²) >= 11 is 0. The molecule has 2 N–H and O–H groups in total. The Balaban J connectivity index is 3.14. The highest BCUT2D eigenvalue weighted by molar-refractivity contribution is 5.93. The number of aliphatic imine (C=N–C) groups is 1. The number of hydrogen-bond donors (Lipinski definition) is 1. The second-order valence-corrected chi connectivity index (χ2v) is 2.78. The van der Waals surface area contributed by atoms with Gasteiger partial charge >= 0.3 is 0 Å². The quantitative estimate of drug-likeness (QED) is 0.355. The first-order chi connectivity index (χ1) is 7.15. The predicted molar refractivity (Wildman–Crippen MR) is 59.2 cm³/mol. The van der Waals surface area contributed by atoms with Gasteiger partial charge in [0, 0.05) is 6.07 Å². The number of nitro groups is 1. The molecule has 0 aromatic heterocycles. The third kappa shape index (κ3) is 2.91. The van der Waals surface area contributed by atoms with Crippen molar-refractivity contribution in [3.63, 3.8) is 0 Å². The van der Waals surface area contributed by atoms with Crippen LogP contribution in [0.15, 0.2) is 41.4 Å². The van der Waals surface area contributed by atoms with Crippen molar-refractivity contribution in [3.05, 3.63) is 46.5 Å². The molecular weight excluding hydrogens is 194 g/mol. The molecule has 0 heterocycles. The maximum Gasteiger partial charge on any atom is 0.294 e. The first-order valence-corrected chi connectivity index (χ1v) is 4.35. The van der Waals surface area contributed by atoms with Crippen molar-refractivity contribution in [1.29, 1.82) is 0 Å². The van der Waals surface area contributed by atoms with E-state index >= 15 is 0 Å². The molecule has 78 valence electrons. The molecule has 5 heteroatoms. The third-order valence-electron chi connectivity index (χ3n) is 1.67. The van der Waals surface area contributed by atoms with Crippen LogP contribution in [-0.2, 0) is 0 Å². The van der Waals surface area contributed by atoms with Crippen LogP contribution in [0.2, 0.25) is 0 Å². The molecule has 0 aliphatic carbocycles. The lowest BCUT2D eigenvalue weighted by Crippen LogP contribution is -2.06. The Morgan fingerprint density at radius 3 is 2.80 bits per heavy atom. The van der Waals surface area contributed by atoms with Crippen LogP contribution in [0.1, 0.15) is 6.92 Å². The van der Waals surface area contributed by atoms with Gasteiger partial charge in [-0.05, 0) is 19.1 Å². The minimum absolute atomic E-state index is 0.0510. The lowest BCUT2D eigenvalue weighted by molar-refractivity contribution is -0.384.